The van der Waals surface area contributed by atoms with Crippen molar-refractivity contribution in [2.75, 3.05) is 18.0 Å². The van der Waals surface area contributed by atoms with E-state index in [0.717, 1.165) is 18.8 Å². The summed E-state index contributed by atoms with van der Waals surface area (Å²) in [6.45, 7) is 6.88. The van der Waals surface area contributed by atoms with Crippen molar-refractivity contribution in [2.45, 2.75) is 39.2 Å². The van der Waals surface area contributed by atoms with Crippen LogP contribution in [-0.4, -0.2) is 19.1 Å². The lowest BCUT2D eigenvalue weighted by Gasteiger charge is -2.18. The van der Waals surface area contributed by atoms with Gasteiger partial charge >= 0.3 is 0 Å². The predicted molar refractivity (Wildman–Crippen MR) is 74.4 cm³/mol. The van der Waals surface area contributed by atoms with Gasteiger partial charge in [0, 0.05) is 24.8 Å². The van der Waals surface area contributed by atoms with Gasteiger partial charge in [-0.15, -0.1) is 0 Å². The minimum absolute atomic E-state index is 0.299. The van der Waals surface area contributed by atoms with Crippen molar-refractivity contribution in [3.05, 3.63) is 29.8 Å². The van der Waals surface area contributed by atoms with Gasteiger partial charge in [0.15, 0.2) is 0 Å². The second-order valence-electron chi connectivity index (χ2n) is 5.38. The number of hydrogen-bond acceptors (Lipinski definition) is 2. The fourth-order valence-corrected chi connectivity index (χ4v) is 2.46. The van der Waals surface area contributed by atoms with E-state index in [4.69, 9.17) is 5.73 Å². The molecule has 0 bridgehead atoms. The number of nitrogens with two attached hydrogens (primary N) is 1. The summed E-state index contributed by atoms with van der Waals surface area (Å²) in [6, 6.07) is 9.25. The average Bonchev–Trinajstić information content (AvgIpc) is 2.77. The molecule has 2 nitrogen and oxygen atoms in total. The molecule has 1 aromatic carbocycles. The number of anilines is 1. The van der Waals surface area contributed by atoms with Crippen LogP contribution >= 0.6 is 0 Å². The Labute approximate surface area is 105 Å². The molecule has 94 valence electrons. The Morgan fingerprint density at radius 2 is 2.06 bits per heavy atom. The van der Waals surface area contributed by atoms with Crippen LogP contribution in [0.15, 0.2) is 24.3 Å². The quantitative estimate of drug-likeness (QED) is 0.865. The molecule has 1 aliphatic heterocycles. The molecule has 1 aliphatic rings. The van der Waals surface area contributed by atoms with Crippen LogP contribution in [-0.2, 0) is 6.42 Å². The molecule has 2 unspecified atom stereocenters. The van der Waals surface area contributed by atoms with Crippen molar-refractivity contribution < 1.29 is 0 Å². The minimum Gasteiger partial charge on any atom is -0.371 e. The van der Waals surface area contributed by atoms with E-state index in [1.165, 1.54) is 30.8 Å². The van der Waals surface area contributed by atoms with Crippen molar-refractivity contribution >= 4 is 5.69 Å². The van der Waals surface area contributed by atoms with Gasteiger partial charge in [-0.2, -0.15) is 0 Å². The fourth-order valence-electron chi connectivity index (χ4n) is 2.46. The largest absolute Gasteiger partial charge is 0.371 e. The van der Waals surface area contributed by atoms with Crippen LogP contribution < -0.4 is 10.6 Å². The molecule has 1 saturated heterocycles. The molecule has 0 aliphatic carbocycles. The van der Waals surface area contributed by atoms with Gasteiger partial charge in [-0.05, 0) is 42.9 Å². The van der Waals surface area contributed by atoms with E-state index in [0.29, 0.717) is 6.04 Å². The molecule has 0 radical (unpaired) electrons. The van der Waals surface area contributed by atoms with Gasteiger partial charge in [-0.25, -0.2) is 0 Å². The smallest absolute Gasteiger partial charge is 0.0366 e. The molecular formula is C15H24N2. The van der Waals surface area contributed by atoms with Crippen molar-refractivity contribution in [1.82, 2.24) is 0 Å². The molecular weight excluding hydrogens is 208 g/mol. The van der Waals surface area contributed by atoms with E-state index in [1.54, 1.807) is 0 Å². The van der Waals surface area contributed by atoms with Crippen molar-refractivity contribution in [2.24, 2.45) is 11.7 Å². The van der Waals surface area contributed by atoms with E-state index in [2.05, 4.69) is 43.0 Å². The molecule has 1 fully saturated rings. The van der Waals surface area contributed by atoms with Crippen molar-refractivity contribution in [3.8, 4) is 0 Å². The summed E-state index contributed by atoms with van der Waals surface area (Å²) in [5, 5.41) is 0. The Kier molecular flexibility index (Phi) is 4.06. The van der Waals surface area contributed by atoms with Crippen LogP contribution in [0.25, 0.3) is 0 Å². The third-order valence-electron chi connectivity index (χ3n) is 3.75. The maximum atomic E-state index is 5.97. The Bertz CT molecular complexity index is 344. The molecule has 17 heavy (non-hydrogen) atoms. The molecule has 0 saturated carbocycles. The second-order valence-corrected chi connectivity index (χ2v) is 5.38. The highest BCUT2D eigenvalue weighted by atomic mass is 15.1. The maximum absolute atomic E-state index is 5.97. The van der Waals surface area contributed by atoms with E-state index >= 15 is 0 Å². The molecule has 0 amide bonds. The van der Waals surface area contributed by atoms with Gasteiger partial charge in [-0.1, -0.05) is 26.0 Å². The summed E-state index contributed by atoms with van der Waals surface area (Å²) in [5.74, 6) is 0.836. The minimum atomic E-state index is 0.299. The Balaban J connectivity index is 1.98. The van der Waals surface area contributed by atoms with Gasteiger partial charge in [-0.3, -0.25) is 0 Å². The SMILES string of the molecule is CCC(N)Cc1ccc(N2CCC(C)C2)cc1. The standard InChI is InChI=1S/C15H24N2/c1-3-14(16)10-13-4-6-15(7-5-13)17-9-8-12(2)11-17/h4-7,12,14H,3,8-11,16H2,1-2H3. The van der Waals surface area contributed by atoms with E-state index in [9.17, 15) is 0 Å². The first kappa shape index (κ1) is 12.4. The van der Waals surface area contributed by atoms with Crippen LogP contribution in [0.4, 0.5) is 5.69 Å². The van der Waals surface area contributed by atoms with Crippen LogP contribution in [0, 0.1) is 5.92 Å². The Morgan fingerprint density at radius 3 is 2.59 bits per heavy atom. The first-order valence-corrected chi connectivity index (χ1v) is 6.78. The van der Waals surface area contributed by atoms with Gasteiger partial charge in [0.2, 0.25) is 0 Å². The molecule has 2 heteroatoms. The van der Waals surface area contributed by atoms with Gasteiger partial charge in [0.05, 0.1) is 0 Å². The van der Waals surface area contributed by atoms with Crippen molar-refractivity contribution in [3.63, 3.8) is 0 Å². The molecule has 0 spiro atoms. The number of nitrogens with zero attached hydrogens (tertiary/aromatic N) is 1. The van der Waals surface area contributed by atoms with Crippen LogP contribution in [0.3, 0.4) is 0 Å². The first-order valence-electron chi connectivity index (χ1n) is 6.78. The second kappa shape index (κ2) is 5.54. The number of benzene rings is 1. The lowest BCUT2D eigenvalue weighted by molar-refractivity contribution is 0.646. The molecule has 0 aromatic heterocycles. The highest BCUT2D eigenvalue weighted by Crippen LogP contribution is 2.23. The average molecular weight is 232 g/mol. The summed E-state index contributed by atoms with van der Waals surface area (Å²) >= 11 is 0. The van der Waals surface area contributed by atoms with Crippen LogP contribution in [0.1, 0.15) is 32.3 Å². The van der Waals surface area contributed by atoms with Crippen molar-refractivity contribution in [1.29, 1.82) is 0 Å². The molecule has 2 atom stereocenters. The molecule has 1 aromatic rings. The zero-order chi connectivity index (χ0) is 12.3. The van der Waals surface area contributed by atoms with Crippen LogP contribution in [0.5, 0.6) is 0 Å². The lowest BCUT2D eigenvalue weighted by atomic mass is 10.0. The van der Waals surface area contributed by atoms with Gasteiger partial charge in [0.1, 0.15) is 0 Å². The topological polar surface area (TPSA) is 29.3 Å². The molecule has 2 N–H and O–H groups in total. The normalized spacial score (nSPS) is 21.8. The summed E-state index contributed by atoms with van der Waals surface area (Å²) in [7, 11) is 0. The van der Waals surface area contributed by atoms with E-state index < -0.39 is 0 Å². The van der Waals surface area contributed by atoms with Gasteiger partial charge < -0.3 is 10.6 Å². The summed E-state index contributed by atoms with van der Waals surface area (Å²) in [6.07, 6.45) is 3.36. The first-order chi connectivity index (χ1) is 8.19. The lowest BCUT2D eigenvalue weighted by Crippen LogP contribution is -2.21. The zero-order valence-electron chi connectivity index (χ0n) is 11.0. The predicted octanol–water partition coefficient (Wildman–Crippen LogP) is 2.81. The fraction of sp³-hybridized carbons (Fsp3) is 0.600. The Hall–Kier alpha value is -1.02. The monoisotopic (exact) mass is 232 g/mol. The van der Waals surface area contributed by atoms with E-state index in [-0.39, 0.29) is 0 Å². The highest BCUT2D eigenvalue weighted by molar-refractivity contribution is 5.48. The summed E-state index contributed by atoms with van der Waals surface area (Å²) in [5.41, 5.74) is 8.69. The third kappa shape index (κ3) is 3.22. The zero-order valence-corrected chi connectivity index (χ0v) is 11.0. The third-order valence-corrected chi connectivity index (χ3v) is 3.75. The van der Waals surface area contributed by atoms with Crippen LogP contribution in [0.2, 0.25) is 0 Å². The molecule has 2 rings (SSSR count). The van der Waals surface area contributed by atoms with E-state index in [1.807, 2.05) is 0 Å². The molecule has 1 heterocycles. The highest BCUT2D eigenvalue weighted by Gasteiger charge is 2.18. The Morgan fingerprint density at radius 1 is 1.35 bits per heavy atom. The maximum Gasteiger partial charge on any atom is 0.0366 e. The van der Waals surface area contributed by atoms with Gasteiger partial charge in [0.25, 0.3) is 0 Å². The summed E-state index contributed by atoms with van der Waals surface area (Å²) < 4.78 is 0. The number of rotatable bonds is 4. The number of hydrogen-bond donors (Lipinski definition) is 1. The summed E-state index contributed by atoms with van der Waals surface area (Å²) in [4.78, 5) is 2.48.